The molecule has 0 spiro atoms. The van der Waals surface area contributed by atoms with Gasteiger partial charge in [-0.2, -0.15) is 0 Å². The van der Waals surface area contributed by atoms with Crippen molar-refractivity contribution < 1.29 is 23.7 Å². The minimum absolute atomic E-state index is 0.290. The molecule has 0 saturated carbocycles. The number of aliphatic imine (C=N–C) groups is 1. The predicted molar refractivity (Wildman–Crippen MR) is 138 cm³/mol. The molecule has 1 atom stereocenters. The second-order valence-electron chi connectivity index (χ2n) is 7.62. The minimum Gasteiger partial charge on any atom is -0.490 e. The van der Waals surface area contributed by atoms with Crippen LogP contribution in [0.25, 0.3) is 0 Å². The molecule has 0 N–H and O–H groups in total. The van der Waals surface area contributed by atoms with Crippen molar-refractivity contribution in [2.45, 2.75) is 26.8 Å². The summed E-state index contributed by atoms with van der Waals surface area (Å²) >= 11 is 7.43. The number of hydrogen-bond donors (Lipinski definition) is 0. The first-order valence-corrected chi connectivity index (χ1v) is 12.6. The highest BCUT2D eigenvalue weighted by atomic mass is 35.5. The van der Waals surface area contributed by atoms with Gasteiger partial charge in [0.15, 0.2) is 16.7 Å². The SMILES string of the molecule is CCOC(=O)C1=C(C)N=C2SC=CN2[C@H]1c1ccc(OCCOc2ccc(Cl)cc2)c(OCC)c1. The second kappa shape index (κ2) is 11.6. The summed E-state index contributed by atoms with van der Waals surface area (Å²) in [5.41, 5.74) is 2.03. The number of halogens is 1. The lowest BCUT2D eigenvalue weighted by Crippen LogP contribution is -2.34. The molecule has 0 amide bonds. The maximum absolute atomic E-state index is 12.9. The number of hydrogen-bond acceptors (Lipinski definition) is 8. The fraction of sp³-hybridized carbons (Fsp3) is 0.308. The molecule has 0 aromatic heterocycles. The molecule has 0 bridgehead atoms. The van der Waals surface area contributed by atoms with Crippen molar-refractivity contribution >= 4 is 34.5 Å². The smallest absolute Gasteiger partial charge is 0.338 e. The Morgan fingerprint density at radius 1 is 1.03 bits per heavy atom. The largest absolute Gasteiger partial charge is 0.490 e. The fourth-order valence-electron chi connectivity index (χ4n) is 3.82. The molecule has 0 radical (unpaired) electrons. The Morgan fingerprint density at radius 3 is 2.54 bits per heavy atom. The van der Waals surface area contributed by atoms with E-state index >= 15 is 0 Å². The molecule has 7 nitrogen and oxygen atoms in total. The summed E-state index contributed by atoms with van der Waals surface area (Å²) < 4.78 is 22.9. The minimum atomic E-state index is -0.380. The molecule has 2 aromatic rings. The number of ether oxygens (including phenoxy) is 4. The maximum atomic E-state index is 12.9. The lowest BCUT2D eigenvalue weighted by Gasteiger charge is -2.33. The third-order valence-corrected chi connectivity index (χ3v) is 6.35. The molecule has 0 fully saturated rings. The summed E-state index contributed by atoms with van der Waals surface area (Å²) in [5.74, 6) is 1.54. The zero-order chi connectivity index (χ0) is 24.8. The van der Waals surface area contributed by atoms with Crippen LogP contribution in [0.3, 0.4) is 0 Å². The van der Waals surface area contributed by atoms with Gasteiger partial charge in [-0.1, -0.05) is 29.4 Å². The molecule has 2 aromatic carbocycles. The van der Waals surface area contributed by atoms with E-state index in [9.17, 15) is 4.79 Å². The van der Waals surface area contributed by atoms with Crippen molar-refractivity contribution in [2.24, 2.45) is 4.99 Å². The normalized spacial score (nSPS) is 16.6. The van der Waals surface area contributed by atoms with Crippen LogP contribution in [0.5, 0.6) is 17.2 Å². The van der Waals surface area contributed by atoms with Crippen LogP contribution in [0.1, 0.15) is 32.4 Å². The van der Waals surface area contributed by atoms with E-state index < -0.39 is 0 Å². The van der Waals surface area contributed by atoms with Crippen LogP contribution in [0.4, 0.5) is 0 Å². The number of carbonyl (C=O) groups is 1. The summed E-state index contributed by atoms with van der Waals surface area (Å²) in [7, 11) is 0. The van der Waals surface area contributed by atoms with Crippen LogP contribution in [-0.4, -0.2) is 42.5 Å². The van der Waals surface area contributed by atoms with Gasteiger partial charge in [-0.05, 0) is 68.1 Å². The number of thioether (sulfide) groups is 1. The molecule has 4 rings (SSSR count). The highest BCUT2D eigenvalue weighted by Gasteiger charge is 2.37. The molecule has 35 heavy (non-hydrogen) atoms. The van der Waals surface area contributed by atoms with Gasteiger partial charge in [0.25, 0.3) is 0 Å². The second-order valence-corrected chi connectivity index (χ2v) is 8.93. The Kier molecular flexibility index (Phi) is 8.25. The number of amidine groups is 1. The molecule has 2 aliphatic heterocycles. The van der Waals surface area contributed by atoms with Gasteiger partial charge >= 0.3 is 5.97 Å². The quantitative estimate of drug-likeness (QED) is 0.286. The van der Waals surface area contributed by atoms with Crippen LogP contribution in [0.2, 0.25) is 5.02 Å². The van der Waals surface area contributed by atoms with E-state index in [-0.39, 0.29) is 12.0 Å². The number of fused-ring (bicyclic) bond motifs is 1. The number of rotatable bonds is 10. The zero-order valence-corrected chi connectivity index (χ0v) is 21.4. The zero-order valence-electron chi connectivity index (χ0n) is 19.8. The average molecular weight is 515 g/mol. The van der Waals surface area contributed by atoms with E-state index in [0.717, 1.165) is 16.5 Å². The summed E-state index contributed by atoms with van der Waals surface area (Å²) in [4.78, 5) is 19.5. The number of allylic oxidation sites excluding steroid dienone is 1. The van der Waals surface area contributed by atoms with E-state index in [1.54, 1.807) is 19.1 Å². The van der Waals surface area contributed by atoms with Crippen molar-refractivity contribution in [2.75, 3.05) is 26.4 Å². The number of benzene rings is 2. The van der Waals surface area contributed by atoms with E-state index in [0.29, 0.717) is 54.2 Å². The standard InChI is InChI=1S/C26H27ClN2O5S/c1-4-31-22-16-18(6-11-21(22)34-14-13-33-20-9-7-19(27)8-10-20)24-23(25(30)32-5-2)17(3)28-26-29(24)12-15-35-26/h6-12,15-16,24H,4-5,13-14H2,1-3H3/t24-/m0/s1. The van der Waals surface area contributed by atoms with Gasteiger partial charge in [0.1, 0.15) is 19.0 Å². The molecule has 9 heteroatoms. The summed E-state index contributed by atoms with van der Waals surface area (Å²) in [5, 5.41) is 3.43. The highest BCUT2D eigenvalue weighted by molar-refractivity contribution is 8.16. The first kappa shape index (κ1) is 25.0. The van der Waals surface area contributed by atoms with Crippen molar-refractivity contribution in [3.63, 3.8) is 0 Å². The molecule has 184 valence electrons. The third-order valence-electron chi connectivity index (χ3n) is 5.32. The Bertz CT molecular complexity index is 1160. The fourth-order valence-corrected chi connectivity index (χ4v) is 4.74. The van der Waals surface area contributed by atoms with Crippen LogP contribution in [0.15, 0.2) is 70.3 Å². The van der Waals surface area contributed by atoms with Gasteiger partial charge in [0.2, 0.25) is 0 Å². The number of nitrogens with zero attached hydrogens (tertiary/aromatic N) is 2. The van der Waals surface area contributed by atoms with Crippen LogP contribution >= 0.6 is 23.4 Å². The maximum Gasteiger partial charge on any atom is 0.338 e. The summed E-state index contributed by atoms with van der Waals surface area (Å²) in [6.45, 7) is 7.00. The van der Waals surface area contributed by atoms with Crippen molar-refractivity contribution in [1.29, 1.82) is 0 Å². The van der Waals surface area contributed by atoms with E-state index in [2.05, 4.69) is 4.99 Å². The number of carbonyl (C=O) groups excluding carboxylic acids is 1. The van der Waals surface area contributed by atoms with E-state index in [1.165, 1.54) is 11.8 Å². The molecule has 2 aliphatic rings. The number of esters is 1. The lowest BCUT2D eigenvalue weighted by atomic mass is 9.94. The van der Waals surface area contributed by atoms with E-state index in [1.807, 2.05) is 60.7 Å². The molecular weight excluding hydrogens is 488 g/mol. The molecule has 0 saturated heterocycles. The van der Waals surface area contributed by atoms with Crippen LogP contribution in [-0.2, 0) is 9.53 Å². The van der Waals surface area contributed by atoms with Crippen molar-refractivity contribution in [1.82, 2.24) is 4.90 Å². The molecule has 0 unspecified atom stereocenters. The van der Waals surface area contributed by atoms with Gasteiger partial charge in [-0.15, -0.1) is 0 Å². The Balaban J connectivity index is 1.54. The van der Waals surface area contributed by atoms with Crippen LogP contribution < -0.4 is 14.2 Å². The Hall–Kier alpha value is -3.10. The van der Waals surface area contributed by atoms with Gasteiger partial charge < -0.3 is 23.8 Å². The topological polar surface area (TPSA) is 69.6 Å². The third kappa shape index (κ3) is 5.77. The summed E-state index contributed by atoms with van der Waals surface area (Å²) in [6.07, 6.45) is 1.93. The summed E-state index contributed by atoms with van der Waals surface area (Å²) in [6, 6.07) is 12.5. The Morgan fingerprint density at radius 2 is 1.80 bits per heavy atom. The van der Waals surface area contributed by atoms with Gasteiger partial charge in [0.05, 0.1) is 30.5 Å². The highest BCUT2D eigenvalue weighted by Crippen LogP contribution is 2.43. The molecule has 2 heterocycles. The van der Waals surface area contributed by atoms with Gasteiger partial charge in [-0.25, -0.2) is 9.79 Å². The Labute approximate surface area is 214 Å². The van der Waals surface area contributed by atoms with Gasteiger partial charge in [0, 0.05) is 11.2 Å². The van der Waals surface area contributed by atoms with Gasteiger partial charge in [-0.3, -0.25) is 0 Å². The molecule has 0 aliphatic carbocycles. The predicted octanol–water partition coefficient (Wildman–Crippen LogP) is 5.96. The first-order chi connectivity index (χ1) is 17.0. The molecular formula is C26H27ClN2O5S. The average Bonchev–Trinajstić information content (AvgIpc) is 3.31. The first-order valence-electron chi connectivity index (χ1n) is 11.4. The van der Waals surface area contributed by atoms with Crippen molar-refractivity contribution in [3.8, 4) is 17.2 Å². The van der Waals surface area contributed by atoms with Crippen LogP contribution in [0, 0.1) is 0 Å². The van der Waals surface area contributed by atoms with Crippen molar-refractivity contribution in [3.05, 3.63) is 75.9 Å². The lowest BCUT2D eigenvalue weighted by molar-refractivity contribution is -0.139. The van der Waals surface area contributed by atoms with E-state index in [4.69, 9.17) is 30.5 Å². The monoisotopic (exact) mass is 514 g/mol.